The lowest BCUT2D eigenvalue weighted by Crippen LogP contribution is -2.38. The summed E-state index contributed by atoms with van der Waals surface area (Å²) in [6.07, 6.45) is 4.15. The fourth-order valence-corrected chi connectivity index (χ4v) is 4.34. The van der Waals surface area contributed by atoms with E-state index in [1.807, 2.05) is 18.2 Å². The molecule has 1 saturated heterocycles. The Bertz CT molecular complexity index is 1130. The number of anilines is 1. The Morgan fingerprint density at radius 3 is 2.78 bits per heavy atom. The second-order valence-electron chi connectivity index (χ2n) is 8.10. The van der Waals surface area contributed by atoms with Crippen molar-refractivity contribution < 1.29 is 4.79 Å². The maximum absolute atomic E-state index is 12.9. The monoisotopic (exact) mass is 471 g/mol. The third-order valence-electron chi connectivity index (χ3n) is 6.00. The van der Waals surface area contributed by atoms with E-state index in [0.29, 0.717) is 16.4 Å². The van der Waals surface area contributed by atoms with E-state index in [2.05, 4.69) is 33.4 Å². The van der Waals surface area contributed by atoms with Crippen molar-refractivity contribution in [3.8, 4) is 17.2 Å². The van der Waals surface area contributed by atoms with Crippen LogP contribution in [0.3, 0.4) is 0 Å². The lowest BCUT2D eigenvalue weighted by molar-refractivity contribution is -0.121. The number of halogens is 2. The van der Waals surface area contributed by atoms with Crippen LogP contribution in [0, 0.1) is 17.2 Å². The highest BCUT2D eigenvalue weighted by molar-refractivity contribution is 6.33. The molecule has 1 amide bonds. The SMILES string of the molecule is CCCCN1CCC(C(=O)Nc2n[nH]c3ccc(-c4cc(C#N)ccc4Cl)cc23)CC1.Cl. The first kappa shape index (κ1) is 24.1. The maximum atomic E-state index is 12.9. The molecule has 6 nitrogen and oxygen atoms in total. The van der Waals surface area contributed by atoms with Crippen molar-refractivity contribution in [1.29, 1.82) is 5.26 Å². The van der Waals surface area contributed by atoms with Crippen LogP contribution in [0.15, 0.2) is 36.4 Å². The molecule has 2 heterocycles. The van der Waals surface area contributed by atoms with E-state index in [1.165, 1.54) is 12.8 Å². The van der Waals surface area contributed by atoms with Gasteiger partial charge >= 0.3 is 0 Å². The molecule has 1 aliphatic rings. The first-order valence-corrected chi connectivity index (χ1v) is 11.2. The second-order valence-corrected chi connectivity index (χ2v) is 8.50. The van der Waals surface area contributed by atoms with Crippen molar-refractivity contribution >= 4 is 46.6 Å². The van der Waals surface area contributed by atoms with E-state index < -0.39 is 0 Å². The minimum atomic E-state index is 0. The van der Waals surface area contributed by atoms with Crippen LogP contribution in [-0.2, 0) is 4.79 Å². The normalized spacial score (nSPS) is 14.7. The molecule has 0 spiro atoms. The number of likely N-dealkylation sites (tertiary alicyclic amines) is 1. The summed E-state index contributed by atoms with van der Waals surface area (Å²) in [5, 5.41) is 20.9. The molecule has 32 heavy (non-hydrogen) atoms. The Balaban J connectivity index is 0.00000289. The van der Waals surface area contributed by atoms with Gasteiger partial charge in [0.05, 0.1) is 17.1 Å². The number of nitrogens with one attached hydrogen (secondary N) is 2. The molecule has 4 rings (SSSR count). The fourth-order valence-electron chi connectivity index (χ4n) is 4.11. The lowest BCUT2D eigenvalue weighted by atomic mass is 9.95. The fraction of sp³-hybridized carbons (Fsp3) is 0.375. The molecule has 0 radical (unpaired) electrons. The van der Waals surface area contributed by atoms with Crippen molar-refractivity contribution in [2.75, 3.05) is 25.0 Å². The quantitative estimate of drug-likeness (QED) is 0.487. The molecule has 2 N–H and O–H groups in total. The van der Waals surface area contributed by atoms with Gasteiger partial charge in [0.1, 0.15) is 0 Å². The lowest BCUT2D eigenvalue weighted by Gasteiger charge is -2.31. The number of rotatable bonds is 6. The predicted molar refractivity (Wildman–Crippen MR) is 131 cm³/mol. The molecular weight excluding hydrogens is 445 g/mol. The number of hydrogen-bond acceptors (Lipinski definition) is 4. The van der Waals surface area contributed by atoms with Crippen molar-refractivity contribution in [3.63, 3.8) is 0 Å². The van der Waals surface area contributed by atoms with Crippen LogP contribution < -0.4 is 5.32 Å². The Hall–Kier alpha value is -2.59. The largest absolute Gasteiger partial charge is 0.308 e. The molecule has 1 aromatic heterocycles. The number of unbranched alkanes of at least 4 members (excludes halogenated alkanes) is 1. The first-order valence-electron chi connectivity index (χ1n) is 10.8. The van der Waals surface area contributed by atoms with Crippen LogP contribution in [0.4, 0.5) is 5.82 Å². The van der Waals surface area contributed by atoms with E-state index >= 15 is 0 Å². The van der Waals surface area contributed by atoms with Gasteiger partial charge in [-0.3, -0.25) is 9.89 Å². The van der Waals surface area contributed by atoms with Crippen LogP contribution in [0.1, 0.15) is 38.2 Å². The summed E-state index contributed by atoms with van der Waals surface area (Å²) in [6.45, 7) is 5.26. The summed E-state index contributed by atoms with van der Waals surface area (Å²) in [5.41, 5.74) is 3.03. The zero-order valence-corrected chi connectivity index (χ0v) is 19.6. The highest BCUT2D eigenvalue weighted by atomic mass is 35.5. The van der Waals surface area contributed by atoms with Gasteiger partial charge in [-0.1, -0.05) is 31.0 Å². The number of hydrogen-bond donors (Lipinski definition) is 2. The zero-order chi connectivity index (χ0) is 21.8. The molecule has 0 atom stereocenters. The number of piperidine rings is 1. The summed E-state index contributed by atoms with van der Waals surface area (Å²) in [6, 6.07) is 13.1. The number of nitrogens with zero attached hydrogens (tertiary/aromatic N) is 3. The number of carbonyl (C=O) groups excluding carboxylic acids is 1. The second kappa shape index (κ2) is 10.8. The van der Waals surface area contributed by atoms with Gasteiger partial charge in [-0.2, -0.15) is 10.4 Å². The molecule has 2 aromatic carbocycles. The zero-order valence-electron chi connectivity index (χ0n) is 18.0. The topological polar surface area (TPSA) is 84.8 Å². The van der Waals surface area contributed by atoms with E-state index in [-0.39, 0.29) is 24.2 Å². The Labute approximate surface area is 199 Å². The number of H-pyrrole nitrogens is 1. The summed E-state index contributed by atoms with van der Waals surface area (Å²) < 4.78 is 0. The van der Waals surface area contributed by atoms with E-state index in [9.17, 15) is 10.1 Å². The first-order chi connectivity index (χ1) is 15.1. The van der Waals surface area contributed by atoms with E-state index in [1.54, 1.807) is 18.2 Å². The van der Waals surface area contributed by atoms with E-state index in [0.717, 1.165) is 54.5 Å². The molecule has 0 bridgehead atoms. The van der Waals surface area contributed by atoms with Crippen molar-refractivity contribution in [2.24, 2.45) is 5.92 Å². The average molecular weight is 472 g/mol. The number of benzene rings is 2. The summed E-state index contributed by atoms with van der Waals surface area (Å²) in [4.78, 5) is 15.3. The van der Waals surface area contributed by atoms with Crippen LogP contribution >= 0.6 is 24.0 Å². The van der Waals surface area contributed by atoms with Gasteiger partial charge in [0, 0.05) is 21.9 Å². The van der Waals surface area contributed by atoms with Crippen LogP contribution in [0.2, 0.25) is 5.02 Å². The van der Waals surface area contributed by atoms with Gasteiger partial charge in [0.25, 0.3) is 0 Å². The average Bonchev–Trinajstić information content (AvgIpc) is 3.20. The van der Waals surface area contributed by atoms with Crippen LogP contribution in [0.5, 0.6) is 0 Å². The molecule has 168 valence electrons. The minimum absolute atomic E-state index is 0. The van der Waals surface area contributed by atoms with Crippen molar-refractivity contribution in [3.05, 3.63) is 47.0 Å². The highest BCUT2D eigenvalue weighted by Crippen LogP contribution is 2.33. The standard InChI is InChI=1S/C24H26ClN5O.ClH/c1-2-3-10-30-11-8-17(9-12-30)24(31)27-23-20-14-18(5-7-22(20)28-29-23)19-13-16(15-26)4-6-21(19)25;/h4-7,13-14,17H,2-3,8-12H2,1H3,(H2,27,28,29,31);1H. The van der Waals surface area contributed by atoms with Crippen molar-refractivity contribution in [1.82, 2.24) is 15.1 Å². The molecule has 0 saturated carbocycles. The summed E-state index contributed by atoms with van der Waals surface area (Å²) in [5.74, 6) is 0.566. The van der Waals surface area contributed by atoms with Gasteiger partial charge in [-0.05, 0) is 74.8 Å². The third-order valence-corrected chi connectivity index (χ3v) is 6.33. The number of fused-ring (bicyclic) bond motifs is 1. The smallest absolute Gasteiger partial charge is 0.228 e. The van der Waals surface area contributed by atoms with Gasteiger partial charge in [0.15, 0.2) is 5.82 Å². The maximum Gasteiger partial charge on any atom is 0.228 e. The molecule has 0 aliphatic carbocycles. The van der Waals surface area contributed by atoms with Crippen LogP contribution in [0.25, 0.3) is 22.0 Å². The Morgan fingerprint density at radius 1 is 1.28 bits per heavy atom. The number of aromatic nitrogens is 2. The van der Waals surface area contributed by atoms with Crippen molar-refractivity contribution in [2.45, 2.75) is 32.6 Å². The predicted octanol–water partition coefficient (Wildman–Crippen LogP) is 5.63. The van der Waals surface area contributed by atoms with Gasteiger partial charge < -0.3 is 10.2 Å². The van der Waals surface area contributed by atoms with E-state index in [4.69, 9.17) is 11.6 Å². The van der Waals surface area contributed by atoms with Gasteiger partial charge in [0.2, 0.25) is 5.91 Å². The number of aromatic amines is 1. The Morgan fingerprint density at radius 2 is 2.06 bits per heavy atom. The van der Waals surface area contributed by atoms with Crippen LogP contribution in [-0.4, -0.2) is 40.6 Å². The molecule has 1 fully saturated rings. The number of amides is 1. The molecular formula is C24H27Cl2N5O. The third kappa shape index (κ3) is 5.24. The van der Waals surface area contributed by atoms with Gasteiger partial charge in [-0.25, -0.2) is 0 Å². The molecule has 3 aromatic rings. The highest BCUT2D eigenvalue weighted by Gasteiger charge is 2.25. The summed E-state index contributed by atoms with van der Waals surface area (Å²) >= 11 is 6.38. The molecule has 8 heteroatoms. The molecule has 0 unspecified atom stereocenters. The molecule has 1 aliphatic heterocycles. The number of carbonyl (C=O) groups is 1. The number of nitriles is 1. The summed E-state index contributed by atoms with van der Waals surface area (Å²) in [7, 11) is 0. The Kier molecular flexibility index (Phi) is 8.14. The minimum Gasteiger partial charge on any atom is -0.308 e. The van der Waals surface area contributed by atoms with Gasteiger partial charge in [-0.15, -0.1) is 12.4 Å².